The molecule has 0 spiro atoms. The van der Waals surface area contributed by atoms with Gasteiger partial charge >= 0.3 is 0 Å². The number of nitrogens with one attached hydrogen (secondary N) is 1. The molecule has 44 heavy (non-hydrogen) atoms. The molecule has 4 bridgehead atoms. The zero-order chi connectivity index (χ0) is 30.8. The molecule has 10 nitrogen and oxygen atoms in total. The van der Waals surface area contributed by atoms with Crippen LogP contribution in [0.3, 0.4) is 0 Å². The molecule has 2 amide bonds. The van der Waals surface area contributed by atoms with Gasteiger partial charge in [0.25, 0.3) is 0 Å². The molecule has 1 aromatic heterocycles. The molecule has 1 N–H and O–H groups in total. The molecule has 0 radical (unpaired) electrons. The van der Waals surface area contributed by atoms with Crippen LogP contribution in [0.2, 0.25) is 0 Å². The van der Waals surface area contributed by atoms with E-state index in [1.54, 1.807) is 12.0 Å². The van der Waals surface area contributed by atoms with Gasteiger partial charge in [0.05, 0.1) is 38.0 Å². The number of hydrogen-bond donors (Lipinski definition) is 1. The van der Waals surface area contributed by atoms with E-state index in [0.717, 1.165) is 35.2 Å². The van der Waals surface area contributed by atoms with Crippen molar-refractivity contribution in [3.8, 4) is 23.3 Å². The minimum atomic E-state index is -0.378. The van der Waals surface area contributed by atoms with Crippen molar-refractivity contribution in [2.75, 3.05) is 31.6 Å². The van der Waals surface area contributed by atoms with Gasteiger partial charge in [-0.15, -0.1) is 0 Å². The molecule has 2 aromatic carbocycles. The summed E-state index contributed by atoms with van der Waals surface area (Å²) in [4.78, 5) is 35.3. The quantitative estimate of drug-likeness (QED) is 0.479. The van der Waals surface area contributed by atoms with Gasteiger partial charge in [-0.1, -0.05) is 18.2 Å². The smallest absolute Gasteiger partial charge is 0.240 e. The number of amides is 2. The molecule has 7 rings (SSSR count). The number of nitrogens with zero attached hydrogens (tertiary/aromatic N) is 4. The standard InChI is InChI=1S/C34H37N5O5/c1-21-13-22(2)36-34(27(21)16-35)38-17-28-31(18-38)43-20-24-5-4-6-26(14-24)44-29-11-7-23(15-30(29)42-3)8-12-33(41)39(25-9-10-25)19-32(40)37-28/h4-7,11,13-15,25,28,31H,8-10,12,17-20H2,1-3H3,(H,37,40)/t28-,31-/m0/s1. The number of methoxy groups -OCH3 is 1. The van der Waals surface area contributed by atoms with E-state index in [4.69, 9.17) is 19.2 Å². The highest BCUT2D eigenvalue weighted by Gasteiger charge is 2.38. The molecule has 0 unspecified atom stereocenters. The summed E-state index contributed by atoms with van der Waals surface area (Å²) in [5, 5.41) is 13.1. The lowest BCUT2D eigenvalue weighted by Gasteiger charge is -2.25. The Morgan fingerprint density at radius 3 is 2.66 bits per heavy atom. The number of benzene rings is 2. The second-order valence-electron chi connectivity index (χ2n) is 11.8. The van der Waals surface area contributed by atoms with Crippen LogP contribution in [0, 0.1) is 25.2 Å². The van der Waals surface area contributed by atoms with Gasteiger partial charge in [-0.3, -0.25) is 9.59 Å². The Balaban J connectivity index is 1.31. The highest BCUT2D eigenvalue weighted by molar-refractivity contribution is 5.85. The molecule has 10 heteroatoms. The van der Waals surface area contributed by atoms with Crippen molar-refractivity contribution >= 4 is 17.6 Å². The minimum Gasteiger partial charge on any atom is -0.493 e. The van der Waals surface area contributed by atoms with Crippen LogP contribution in [-0.2, 0) is 27.4 Å². The third kappa shape index (κ3) is 6.48. The number of pyridine rings is 1. The van der Waals surface area contributed by atoms with E-state index in [2.05, 4.69) is 11.4 Å². The van der Waals surface area contributed by atoms with E-state index in [9.17, 15) is 14.9 Å². The van der Waals surface area contributed by atoms with Crippen LogP contribution in [0.15, 0.2) is 48.5 Å². The second kappa shape index (κ2) is 12.5. The Labute approximate surface area is 257 Å². The highest BCUT2D eigenvalue weighted by atomic mass is 16.5. The van der Waals surface area contributed by atoms with E-state index < -0.39 is 0 Å². The number of aryl methyl sites for hydroxylation is 3. The molecule has 1 saturated carbocycles. The lowest BCUT2D eigenvalue weighted by Crippen LogP contribution is -2.49. The van der Waals surface area contributed by atoms with Crippen LogP contribution in [0.5, 0.6) is 17.2 Å². The van der Waals surface area contributed by atoms with Crippen molar-refractivity contribution in [1.29, 1.82) is 5.26 Å². The number of rotatable bonds is 3. The van der Waals surface area contributed by atoms with Gasteiger partial charge in [0.2, 0.25) is 11.8 Å². The molecule has 1 aliphatic carbocycles. The van der Waals surface area contributed by atoms with Gasteiger partial charge in [-0.2, -0.15) is 5.26 Å². The third-order valence-corrected chi connectivity index (χ3v) is 8.42. The van der Waals surface area contributed by atoms with Crippen molar-refractivity contribution in [3.05, 3.63) is 76.5 Å². The fourth-order valence-corrected chi connectivity index (χ4v) is 6.03. The molecule has 1 saturated heterocycles. The number of aromatic nitrogens is 1. The lowest BCUT2D eigenvalue weighted by atomic mass is 10.1. The number of nitriles is 1. The summed E-state index contributed by atoms with van der Waals surface area (Å²) in [7, 11) is 1.60. The highest BCUT2D eigenvalue weighted by Crippen LogP contribution is 2.34. The first kappa shape index (κ1) is 29.5. The van der Waals surface area contributed by atoms with Gasteiger partial charge in [0.1, 0.15) is 17.6 Å². The molecular weight excluding hydrogens is 558 g/mol. The maximum absolute atomic E-state index is 13.5. The number of hydrogen-bond acceptors (Lipinski definition) is 8. The van der Waals surface area contributed by atoms with Crippen molar-refractivity contribution in [2.45, 2.75) is 64.3 Å². The van der Waals surface area contributed by atoms with Crippen molar-refractivity contribution < 1.29 is 23.8 Å². The average Bonchev–Trinajstić information content (AvgIpc) is 3.78. The maximum Gasteiger partial charge on any atom is 0.240 e. The van der Waals surface area contributed by atoms with E-state index in [1.807, 2.05) is 67.3 Å². The Hall–Kier alpha value is -4.62. The lowest BCUT2D eigenvalue weighted by molar-refractivity contribution is -0.137. The fourth-order valence-electron chi connectivity index (χ4n) is 6.03. The summed E-state index contributed by atoms with van der Waals surface area (Å²) in [6.45, 7) is 4.96. The number of carbonyl (C=O) groups excluding carboxylic acids is 2. The molecule has 228 valence electrons. The second-order valence-corrected chi connectivity index (χ2v) is 11.8. The van der Waals surface area contributed by atoms with Gasteiger partial charge in [-0.05, 0) is 80.1 Å². The molecule has 3 aliphatic heterocycles. The summed E-state index contributed by atoms with van der Waals surface area (Å²) in [6.07, 6.45) is 2.23. The summed E-state index contributed by atoms with van der Waals surface area (Å²) in [6, 6.07) is 17.3. The molecule has 2 atom stereocenters. The van der Waals surface area contributed by atoms with E-state index in [-0.39, 0.29) is 49.6 Å². The van der Waals surface area contributed by atoms with Crippen LogP contribution in [0.25, 0.3) is 0 Å². The van der Waals surface area contributed by atoms with Crippen LogP contribution in [0.4, 0.5) is 5.82 Å². The zero-order valence-corrected chi connectivity index (χ0v) is 25.3. The molecule has 3 aromatic rings. The van der Waals surface area contributed by atoms with E-state index in [0.29, 0.717) is 48.1 Å². The van der Waals surface area contributed by atoms with Crippen LogP contribution >= 0.6 is 0 Å². The normalized spacial score (nSPS) is 21.0. The topological polar surface area (TPSA) is 117 Å². The van der Waals surface area contributed by atoms with Crippen molar-refractivity contribution in [1.82, 2.24) is 15.2 Å². The number of fused-ring (bicyclic) bond motifs is 9. The Kier molecular flexibility index (Phi) is 8.40. The van der Waals surface area contributed by atoms with Gasteiger partial charge in [-0.25, -0.2) is 4.98 Å². The summed E-state index contributed by atoms with van der Waals surface area (Å²) in [5.41, 5.74) is 4.05. The van der Waals surface area contributed by atoms with Gasteiger partial charge < -0.3 is 29.3 Å². The SMILES string of the molecule is COc1cc2ccc1Oc1cccc(c1)CO[C@H]1CN(c3nc(C)cc(C)c3C#N)C[C@@H]1NC(=O)CN(C1CC1)C(=O)CC2. The van der Waals surface area contributed by atoms with Crippen molar-refractivity contribution in [2.24, 2.45) is 0 Å². The molecular formula is C34H37N5O5. The van der Waals surface area contributed by atoms with Gasteiger partial charge in [0.15, 0.2) is 11.5 Å². The predicted molar refractivity (Wildman–Crippen MR) is 164 cm³/mol. The predicted octanol–water partition coefficient (Wildman–Crippen LogP) is 4.20. The van der Waals surface area contributed by atoms with E-state index >= 15 is 0 Å². The first-order valence-corrected chi connectivity index (χ1v) is 15.1. The zero-order valence-electron chi connectivity index (χ0n) is 25.3. The number of ether oxygens (including phenoxy) is 3. The van der Waals surface area contributed by atoms with Crippen molar-refractivity contribution in [3.63, 3.8) is 0 Å². The van der Waals surface area contributed by atoms with E-state index in [1.165, 1.54) is 0 Å². The Morgan fingerprint density at radius 2 is 1.89 bits per heavy atom. The summed E-state index contributed by atoms with van der Waals surface area (Å²) in [5.74, 6) is 2.12. The summed E-state index contributed by atoms with van der Waals surface area (Å²) < 4.78 is 18.3. The first-order chi connectivity index (χ1) is 21.3. The molecule has 2 fully saturated rings. The van der Waals surface area contributed by atoms with Crippen LogP contribution in [0.1, 0.15) is 47.2 Å². The average molecular weight is 596 g/mol. The summed E-state index contributed by atoms with van der Waals surface area (Å²) >= 11 is 0. The third-order valence-electron chi connectivity index (χ3n) is 8.42. The fraction of sp³-hybridized carbons (Fsp3) is 0.412. The van der Waals surface area contributed by atoms with Crippen LogP contribution < -0.4 is 19.7 Å². The van der Waals surface area contributed by atoms with Gasteiger partial charge in [0, 0.05) is 31.2 Å². The Morgan fingerprint density at radius 1 is 1.05 bits per heavy atom. The minimum absolute atomic E-state index is 0.00386. The molecule has 4 heterocycles. The maximum atomic E-state index is 13.5. The first-order valence-electron chi connectivity index (χ1n) is 15.1. The monoisotopic (exact) mass is 595 g/mol. The number of anilines is 1. The number of carbonyl (C=O) groups is 2. The molecule has 4 aliphatic rings. The largest absolute Gasteiger partial charge is 0.493 e. The van der Waals surface area contributed by atoms with Crippen LogP contribution in [-0.4, -0.2) is 66.6 Å². The Bertz CT molecular complexity index is 1610.